The van der Waals surface area contributed by atoms with Gasteiger partial charge in [-0.3, -0.25) is 14.4 Å². The van der Waals surface area contributed by atoms with Crippen LogP contribution < -0.4 is 15.4 Å². The first-order valence-electron chi connectivity index (χ1n) is 10.3. The van der Waals surface area contributed by atoms with Gasteiger partial charge in [-0.25, -0.2) is 0 Å². The molecule has 1 saturated heterocycles. The molecule has 0 saturated carbocycles. The third kappa shape index (κ3) is 4.82. The minimum atomic E-state index is -0.442. The van der Waals surface area contributed by atoms with Gasteiger partial charge in [0.05, 0.1) is 18.0 Å². The number of carbonyl (C=O) groups is 3. The van der Waals surface area contributed by atoms with Crippen LogP contribution in [0.2, 0.25) is 5.02 Å². The summed E-state index contributed by atoms with van der Waals surface area (Å²) in [5, 5.41) is 6.20. The van der Waals surface area contributed by atoms with Crippen molar-refractivity contribution in [1.82, 2.24) is 10.2 Å². The van der Waals surface area contributed by atoms with Crippen LogP contribution in [0, 0.1) is 0 Å². The Morgan fingerprint density at radius 2 is 1.90 bits per heavy atom. The first-order chi connectivity index (χ1) is 14.9. The second-order valence-corrected chi connectivity index (χ2v) is 8.27. The molecule has 0 bridgehead atoms. The van der Waals surface area contributed by atoms with Crippen LogP contribution in [-0.4, -0.2) is 41.8 Å². The summed E-state index contributed by atoms with van der Waals surface area (Å²) in [7, 11) is 0. The molecule has 7 nitrogen and oxygen atoms in total. The van der Waals surface area contributed by atoms with Gasteiger partial charge in [-0.1, -0.05) is 29.8 Å². The summed E-state index contributed by atoms with van der Waals surface area (Å²) in [6.45, 7) is 2.82. The number of rotatable bonds is 4. The lowest BCUT2D eigenvalue weighted by Crippen LogP contribution is -2.41. The van der Waals surface area contributed by atoms with Crippen LogP contribution in [0.3, 0.4) is 0 Å². The van der Waals surface area contributed by atoms with Gasteiger partial charge in [0.15, 0.2) is 0 Å². The summed E-state index contributed by atoms with van der Waals surface area (Å²) in [5.41, 5.74) is 1.88. The molecule has 2 aromatic rings. The van der Waals surface area contributed by atoms with E-state index in [4.69, 9.17) is 16.3 Å². The number of likely N-dealkylation sites (tertiary alicyclic amines) is 1. The molecule has 2 N–H and O–H groups in total. The van der Waals surface area contributed by atoms with Crippen molar-refractivity contribution in [1.29, 1.82) is 0 Å². The maximum Gasteiger partial charge on any atom is 0.255 e. The lowest BCUT2D eigenvalue weighted by molar-refractivity contribution is -0.130. The highest BCUT2D eigenvalue weighted by atomic mass is 35.5. The summed E-state index contributed by atoms with van der Waals surface area (Å²) < 4.78 is 6.13. The number of nitrogens with one attached hydrogen (secondary N) is 2. The van der Waals surface area contributed by atoms with Crippen LogP contribution in [0.5, 0.6) is 5.75 Å². The number of hydrogen-bond donors (Lipinski definition) is 2. The first kappa shape index (κ1) is 21.2. The van der Waals surface area contributed by atoms with Crippen molar-refractivity contribution in [3.05, 3.63) is 58.6 Å². The van der Waals surface area contributed by atoms with Crippen molar-refractivity contribution >= 4 is 35.0 Å². The largest absolute Gasteiger partial charge is 0.489 e. The molecule has 0 unspecified atom stereocenters. The van der Waals surface area contributed by atoms with Crippen LogP contribution >= 0.6 is 11.6 Å². The fourth-order valence-corrected chi connectivity index (χ4v) is 4.20. The maximum atomic E-state index is 13.2. The van der Waals surface area contributed by atoms with E-state index in [1.807, 2.05) is 24.3 Å². The third-order valence-corrected chi connectivity index (χ3v) is 5.91. The van der Waals surface area contributed by atoms with E-state index >= 15 is 0 Å². The van der Waals surface area contributed by atoms with Crippen LogP contribution in [-0.2, 0) is 9.59 Å². The molecule has 1 atom stereocenters. The van der Waals surface area contributed by atoms with Gasteiger partial charge in [0.25, 0.3) is 5.91 Å². The first-order valence-corrected chi connectivity index (χ1v) is 10.7. The van der Waals surface area contributed by atoms with Gasteiger partial charge >= 0.3 is 0 Å². The number of carbonyl (C=O) groups excluding carboxylic acids is 3. The van der Waals surface area contributed by atoms with Gasteiger partial charge < -0.3 is 20.3 Å². The SMILES string of the molecule is CC(=O)N1CCC(Oc2ccc(Cl)cc2C(=O)N[C@@H]2CC(=O)Nc3ccccc32)CC1. The topological polar surface area (TPSA) is 87.7 Å². The Balaban J connectivity index is 1.51. The fourth-order valence-electron chi connectivity index (χ4n) is 4.03. The van der Waals surface area contributed by atoms with Crippen LogP contribution in [0.1, 0.15) is 48.1 Å². The Morgan fingerprint density at radius 1 is 1.16 bits per heavy atom. The van der Waals surface area contributed by atoms with Gasteiger partial charge in [0.1, 0.15) is 11.9 Å². The molecule has 162 valence electrons. The lowest BCUT2D eigenvalue weighted by Gasteiger charge is -2.32. The average Bonchev–Trinajstić information content (AvgIpc) is 2.75. The molecule has 1 fully saturated rings. The molecular formula is C23H24ClN3O4. The molecule has 0 spiro atoms. The Hall–Kier alpha value is -3.06. The summed E-state index contributed by atoms with van der Waals surface area (Å²) in [4.78, 5) is 38.6. The van der Waals surface area contributed by atoms with Crippen LogP contribution in [0.25, 0.3) is 0 Å². The van der Waals surface area contributed by atoms with Gasteiger partial charge in [-0.2, -0.15) is 0 Å². The Bertz CT molecular complexity index is 1020. The van der Waals surface area contributed by atoms with Crippen LogP contribution in [0.4, 0.5) is 5.69 Å². The highest BCUT2D eigenvalue weighted by Crippen LogP contribution is 2.32. The van der Waals surface area contributed by atoms with Crippen molar-refractivity contribution in [3.63, 3.8) is 0 Å². The molecule has 4 rings (SSSR count). The summed E-state index contributed by atoms with van der Waals surface area (Å²) in [5.74, 6) is -0.00416. The summed E-state index contributed by atoms with van der Waals surface area (Å²) in [6, 6.07) is 11.9. The fraction of sp³-hybridized carbons (Fsp3) is 0.348. The minimum absolute atomic E-state index is 0.0572. The number of anilines is 1. The number of amides is 3. The minimum Gasteiger partial charge on any atom is -0.489 e. The van der Waals surface area contributed by atoms with E-state index in [9.17, 15) is 14.4 Å². The quantitative estimate of drug-likeness (QED) is 0.759. The molecule has 2 aliphatic rings. The molecule has 0 radical (unpaired) electrons. The highest BCUT2D eigenvalue weighted by molar-refractivity contribution is 6.31. The second kappa shape index (κ2) is 8.98. The summed E-state index contributed by atoms with van der Waals surface area (Å²) in [6.07, 6.45) is 1.45. The van der Waals surface area contributed by atoms with Crippen LogP contribution in [0.15, 0.2) is 42.5 Å². The number of fused-ring (bicyclic) bond motifs is 1. The van der Waals surface area contributed by atoms with Gasteiger partial charge in [0.2, 0.25) is 11.8 Å². The number of hydrogen-bond acceptors (Lipinski definition) is 4. The van der Waals surface area contributed by atoms with Crippen molar-refractivity contribution in [2.24, 2.45) is 0 Å². The molecule has 2 heterocycles. The number of benzene rings is 2. The zero-order valence-electron chi connectivity index (χ0n) is 17.2. The van der Waals surface area contributed by atoms with E-state index in [1.54, 1.807) is 30.0 Å². The zero-order chi connectivity index (χ0) is 22.0. The van der Waals surface area contributed by atoms with E-state index in [2.05, 4.69) is 10.6 Å². The Labute approximate surface area is 185 Å². The maximum absolute atomic E-state index is 13.2. The van der Waals surface area contributed by atoms with E-state index < -0.39 is 6.04 Å². The normalized spacial score (nSPS) is 18.7. The van der Waals surface area contributed by atoms with Gasteiger partial charge in [-0.05, 0) is 29.8 Å². The van der Waals surface area contributed by atoms with E-state index in [1.165, 1.54) is 0 Å². The predicted molar refractivity (Wildman–Crippen MR) is 117 cm³/mol. The highest BCUT2D eigenvalue weighted by Gasteiger charge is 2.28. The summed E-state index contributed by atoms with van der Waals surface area (Å²) >= 11 is 6.16. The molecule has 8 heteroatoms. The second-order valence-electron chi connectivity index (χ2n) is 7.83. The molecular weight excluding hydrogens is 418 g/mol. The number of nitrogens with zero attached hydrogens (tertiary/aromatic N) is 1. The number of halogens is 1. The predicted octanol–water partition coefficient (Wildman–Crippen LogP) is 3.54. The number of piperidine rings is 1. The van der Waals surface area contributed by atoms with Crippen molar-refractivity contribution in [3.8, 4) is 5.75 Å². The molecule has 2 aromatic carbocycles. The molecule has 0 aliphatic carbocycles. The van der Waals surface area contributed by atoms with Gasteiger partial charge in [-0.15, -0.1) is 0 Å². The van der Waals surface area contributed by atoms with E-state index in [-0.39, 0.29) is 30.2 Å². The third-order valence-electron chi connectivity index (χ3n) is 5.67. The smallest absolute Gasteiger partial charge is 0.255 e. The van der Waals surface area contributed by atoms with Crippen molar-refractivity contribution < 1.29 is 19.1 Å². The van der Waals surface area contributed by atoms with E-state index in [0.29, 0.717) is 48.0 Å². The molecule has 2 aliphatic heterocycles. The Kier molecular flexibility index (Phi) is 6.13. The van der Waals surface area contributed by atoms with Gasteiger partial charge in [0, 0.05) is 43.6 Å². The van der Waals surface area contributed by atoms with E-state index in [0.717, 1.165) is 5.56 Å². The number of ether oxygens (including phenoxy) is 1. The van der Waals surface area contributed by atoms with Crippen molar-refractivity contribution in [2.45, 2.75) is 38.3 Å². The standard InChI is InChI=1S/C23H24ClN3O4/c1-14(28)27-10-8-16(9-11-27)31-21-7-6-15(24)12-18(21)23(30)26-20-13-22(29)25-19-5-3-2-4-17(19)20/h2-7,12,16,20H,8-11,13H2,1H3,(H,25,29)(H,26,30)/t20-/m1/s1. The monoisotopic (exact) mass is 441 g/mol. The van der Waals surface area contributed by atoms with Crippen molar-refractivity contribution in [2.75, 3.05) is 18.4 Å². The molecule has 31 heavy (non-hydrogen) atoms. The molecule has 0 aromatic heterocycles. The average molecular weight is 442 g/mol. The lowest BCUT2D eigenvalue weighted by atomic mass is 9.97. The zero-order valence-corrected chi connectivity index (χ0v) is 17.9. The number of para-hydroxylation sites is 1. The Morgan fingerprint density at radius 3 is 2.65 bits per heavy atom. The molecule has 3 amide bonds.